The van der Waals surface area contributed by atoms with Gasteiger partial charge in [0.1, 0.15) is 16.7 Å². The normalized spacial score (nSPS) is 14.2. The lowest BCUT2D eigenvalue weighted by atomic mass is 10.1. The van der Waals surface area contributed by atoms with Gasteiger partial charge in [-0.25, -0.2) is 14.8 Å². The van der Waals surface area contributed by atoms with Crippen LogP contribution < -0.4 is 0 Å². The fourth-order valence-corrected chi connectivity index (χ4v) is 2.60. The van der Waals surface area contributed by atoms with E-state index in [0.717, 1.165) is 31.6 Å². The van der Waals surface area contributed by atoms with E-state index >= 15 is 0 Å². The minimum Gasteiger partial charge on any atom is -0.476 e. The molecular formula is C13H12ClN3O2. The van der Waals surface area contributed by atoms with E-state index < -0.39 is 5.97 Å². The van der Waals surface area contributed by atoms with Crippen LogP contribution in [0.5, 0.6) is 0 Å². The van der Waals surface area contributed by atoms with Crippen molar-refractivity contribution in [3.05, 3.63) is 34.9 Å². The van der Waals surface area contributed by atoms with Crippen molar-refractivity contribution < 1.29 is 9.90 Å². The van der Waals surface area contributed by atoms with Gasteiger partial charge in [-0.3, -0.25) is 0 Å². The van der Waals surface area contributed by atoms with Gasteiger partial charge in [0, 0.05) is 13.0 Å². The average Bonchev–Trinajstić information content (AvgIpc) is 2.78. The highest BCUT2D eigenvalue weighted by Gasteiger charge is 2.25. The van der Waals surface area contributed by atoms with Gasteiger partial charge in [0.25, 0.3) is 0 Å². The molecule has 0 unspecified atom stereocenters. The van der Waals surface area contributed by atoms with Crippen molar-refractivity contribution in [1.82, 2.24) is 14.5 Å². The van der Waals surface area contributed by atoms with Crippen LogP contribution in [0.25, 0.3) is 11.4 Å². The third-order valence-electron chi connectivity index (χ3n) is 3.24. The third kappa shape index (κ3) is 2.10. The fraction of sp³-hybridized carbons (Fsp3) is 0.308. The number of halogens is 1. The number of aromatic carboxylic acids is 1. The number of imidazole rings is 1. The fourth-order valence-electron chi connectivity index (χ4n) is 2.43. The molecule has 0 saturated heterocycles. The number of carboxylic acids is 1. The van der Waals surface area contributed by atoms with Crippen LogP contribution in [0.15, 0.2) is 18.2 Å². The summed E-state index contributed by atoms with van der Waals surface area (Å²) >= 11 is 5.89. The number of pyridine rings is 1. The van der Waals surface area contributed by atoms with Gasteiger partial charge in [-0.15, -0.1) is 0 Å². The van der Waals surface area contributed by atoms with Crippen molar-refractivity contribution in [2.45, 2.75) is 25.8 Å². The molecule has 1 N–H and O–H groups in total. The molecule has 3 rings (SSSR count). The molecular weight excluding hydrogens is 266 g/mol. The van der Waals surface area contributed by atoms with Crippen molar-refractivity contribution in [3.8, 4) is 11.4 Å². The van der Waals surface area contributed by atoms with Crippen LogP contribution in [0.3, 0.4) is 0 Å². The Morgan fingerprint density at radius 1 is 1.32 bits per heavy atom. The van der Waals surface area contributed by atoms with Gasteiger partial charge in [0.15, 0.2) is 5.69 Å². The van der Waals surface area contributed by atoms with Crippen molar-refractivity contribution in [2.24, 2.45) is 0 Å². The third-order valence-corrected chi connectivity index (χ3v) is 3.45. The first-order valence-electron chi connectivity index (χ1n) is 6.12. The first kappa shape index (κ1) is 12.2. The van der Waals surface area contributed by atoms with Crippen LogP contribution in [0.1, 0.15) is 29.2 Å². The predicted octanol–water partition coefficient (Wildman–Crippen LogP) is 2.63. The number of hydrogen-bond acceptors (Lipinski definition) is 3. The van der Waals surface area contributed by atoms with Crippen LogP contribution >= 0.6 is 11.6 Å². The molecule has 0 radical (unpaired) electrons. The summed E-state index contributed by atoms with van der Waals surface area (Å²) in [6.45, 7) is 0.777. The summed E-state index contributed by atoms with van der Waals surface area (Å²) in [5.41, 5.74) is 1.18. The zero-order chi connectivity index (χ0) is 13.4. The van der Waals surface area contributed by atoms with E-state index in [0.29, 0.717) is 16.5 Å². The van der Waals surface area contributed by atoms with Crippen molar-refractivity contribution in [2.75, 3.05) is 0 Å². The second-order valence-corrected chi connectivity index (χ2v) is 4.87. The molecule has 0 spiro atoms. The number of hydrogen-bond donors (Lipinski definition) is 1. The van der Waals surface area contributed by atoms with E-state index in [4.69, 9.17) is 11.6 Å². The standard InChI is InChI=1S/C13H12ClN3O2/c14-9-5-3-4-8(15-9)12-11(13(18)19)16-10-6-1-2-7-17(10)12/h3-5H,1-2,6-7H2,(H,18,19). The number of aromatic nitrogens is 3. The van der Waals surface area contributed by atoms with Gasteiger partial charge in [-0.2, -0.15) is 0 Å². The van der Waals surface area contributed by atoms with Gasteiger partial charge in [0.2, 0.25) is 0 Å². The quantitative estimate of drug-likeness (QED) is 0.857. The molecule has 0 aromatic carbocycles. The lowest BCUT2D eigenvalue weighted by Crippen LogP contribution is -2.12. The SMILES string of the molecule is O=C(O)c1nc2n(c1-c1cccc(Cl)n1)CCCC2. The molecule has 0 saturated carbocycles. The van der Waals surface area contributed by atoms with E-state index in [1.54, 1.807) is 18.2 Å². The Hall–Kier alpha value is -1.88. The maximum atomic E-state index is 11.4. The molecule has 6 heteroatoms. The molecule has 0 fully saturated rings. The number of carboxylic acid groups (broad SMARTS) is 1. The van der Waals surface area contributed by atoms with Crippen LogP contribution in [-0.4, -0.2) is 25.6 Å². The Balaban J connectivity index is 2.23. The summed E-state index contributed by atoms with van der Waals surface area (Å²) in [4.78, 5) is 19.8. The molecule has 5 nitrogen and oxygen atoms in total. The summed E-state index contributed by atoms with van der Waals surface area (Å²) in [7, 11) is 0. The van der Waals surface area contributed by atoms with Gasteiger partial charge in [0.05, 0.1) is 5.69 Å². The minimum atomic E-state index is -1.03. The zero-order valence-corrected chi connectivity index (χ0v) is 10.9. The molecule has 19 heavy (non-hydrogen) atoms. The second kappa shape index (κ2) is 4.66. The monoisotopic (exact) mass is 277 g/mol. The molecule has 0 bridgehead atoms. The molecule has 2 aromatic heterocycles. The summed E-state index contributed by atoms with van der Waals surface area (Å²) in [6, 6.07) is 5.19. The van der Waals surface area contributed by atoms with E-state index in [1.807, 2.05) is 4.57 Å². The lowest BCUT2D eigenvalue weighted by Gasteiger charge is -2.16. The maximum Gasteiger partial charge on any atom is 0.356 e. The first-order valence-corrected chi connectivity index (χ1v) is 6.50. The molecule has 1 aliphatic heterocycles. The largest absolute Gasteiger partial charge is 0.476 e. The van der Waals surface area contributed by atoms with Crippen molar-refractivity contribution >= 4 is 17.6 Å². The van der Waals surface area contributed by atoms with Crippen molar-refractivity contribution in [1.29, 1.82) is 0 Å². The van der Waals surface area contributed by atoms with Gasteiger partial charge < -0.3 is 9.67 Å². The Labute approximate surface area is 114 Å². The summed E-state index contributed by atoms with van der Waals surface area (Å²) in [5.74, 6) is -0.209. The van der Waals surface area contributed by atoms with Crippen molar-refractivity contribution in [3.63, 3.8) is 0 Å². The highest BCUT2D eigenvalue weighted by Crippen LogP contribution is 2.28. The van der Waals surface area contributed by atoms with E-state index in [9.17, 15) is 9.90 Å². The number of aryl methyl sites for hydroxylation is 1. The number of fused-ring (bicyclic) bond motifs is 1. The first-order chi connectivity index (χ1) is 9.16. The molecule has 1 aliphatic rings. The van der Waals surface area contributed by atoms with Gasteiger partial charge in [-0.1, -0.05) is 17.7 Å². The molecule has 0 atom stereocenters. The smallest absolute Gasteiger partial charge is 0.356 e. The van der Waals surface area contributed by atoms with E-state index in [1.165, 1.54) is 0 Å². The van der Waals surface area contributed by atoms with Gasteiger partial charge in [-0.05, 0) is 25.0 Å². The molecule has 0 aliphatic carbocycles. The highest BCUT2D eigenvalue weighted by molar-refractivity contribution is 6.29. The Morgan fingerprint density at radius 3 is 2.89 bits per heavy atom. The van der Waals surface area contributed by atoms with Crippen LogP contribution in [-0.2, 0) is 13.0 Å². The van der Waals surface area contributed by atoms with Gasteiger partial charge >= 0.3 is 5.97 Å². The second-order valence-electron chi connectivity index (χ2n) is 4.48. The zero-order valence-electron chi connectivity index (χ0n) is 10.1. The van der Waals surface area contributed by atoms with Crippen LogP contribution in [0.2, 0.25) is 5.15 Å². The highest BCUT2D eigenvalue weighted by atomic mass is 35.5. The Kier molecular flexibility index (Phi) is 2.98. The molecule has 98 valence electrons. The Morgan fingerprint density at radius 2 is 2.16 bits per heavy atom. The van der Waals surface area contributed by atoms with E-state index in [-0.39, 0.29) is 5.69 Å². The summed E-state index contributed by atoms with van der Waals surface area (Å²) in [6.07, 6.45) is 2.87. The topological polar surface area (TPSA) is 68.0 Å². The maximum absolute atomic E-state index is 11.4. The number of nitrogens with zero attached hydrogens (tertiary/aromatic N) is 3. The summed E-state index contributed by atoms with van der Waals surface area (Å²) in [5, 5.41) is 9.66. The number of rotatable bonds is 2. The molecule has 2 aromatic rings. The van der Waals surface area contributed by atoms with Crippen LogP contribution in [0.4, 0.5) is 0 Å². The Bertz CT molecular complexity index is 651. The molecule has 0 amide bonds. The summed E-state index contributed by atoms with van der Waals surface area (Å²) < 4.78 is 1.95. The lowest BCUT2D eigenvalue weighted by molar-refractivity contribution is 0.0691. The minimum absolute atomic E-state index is 0.0617. The van der Waals surface area contributed by atoms with Crippen LogP contribution in [0, 0.1) is 0 Å². The van der Waals surface area contributed by atoms with E-state index in [2.05, 4.69) is 9.97 Å². The molecule has 3 heterocycles. The predicted molar refractivity (Wildman–Crippen MR) is 70.4 cm³/mol. The number of carbonyl (C=O) groups is 1. The average molecular weight is 278 g/mol.